The summed E-state index contributed by atoms with van der Waals surface area (Å²) in [6.07, 6.45) is 0. The van der Waals surface area contributed by atoms with Gasteiger partial charge < -0.3 is 11.1 Å². The summed E-state index contributed by atoms with van der Waals surface area (Å²) in [7, 11) is 0. The van der Waals surface area contributed by atoms with Crippen LogP contribution in [0.2, 0.25) is 5.02 Å². The van der Waals surface area contributed by atoms with Crippen molar-refractivity contribution in [2.75, 3.05) is 5.32 Å². The monoisotopic (exact) mass is 254 g/mol. The summed E-state index contributed by atoms with van der Waals surface area (Å²) in [5.41, 5.74) is 7.40. The minimum Gasteiger partial charge on any atom is -0.330 e. The lowest BCUT2D eigenvalue weighted by molar-refractivity contribution is 0.960. The van der Waals surface area contributed by atoms with E-state index in [-0.39, 0.29) is 0 Å². The highest BCUT2D eigenvalue weighted by atomic mass is 35.5. The van der Waals surface area contributed by atoms with Gasteiger partial charge in [-0.15, -0.1) is 10.2 Å². The van der Waals surface area contributed by atoms with E-state index in [9.17, 15) is 0 Å². The van der Waals surface area contributed by atoms with E-state index in [0.29, 0.717) is 6.54 Å². The topological polar surface area (TPSA) is 63.8 Å². The Kier molecular flexibility index (Phi) is 3.38. The van der Waals surface area contributed by atoms with Gasteiger partial charge in [-0.05, 0) is 24.6 Å². The zero-order valence-corrected chi connectivity index (χ0v) is 10.3. The van der Waals surface area contributed by atoms with Crippen molar-refractivity contribution in [2.24, 2.45) is 5.73 Å². The maximum Gasteiger partial charge on any atom is 0.210 e. The van der Waals surface area contributed by atoms with E-state index in [2.05, 4.69) is 15.5 Å². The number of hydrogen-bond donors (Lipinski definition) is 2. The fourth-order valence-electron chi connectivity index (χ4n) is 1.24. The number of nitrogens with zero attached hydrogens (tertiary/aromatic N) is 2. The van der Waals surface area contributed by atoms with Gasteiger partial charge in [0.25, 0.3) is 0 Å². The first-order valence-electron chi connectivity index (χ1n) is 4.75. The van der Waals surface area contributed by atoms with Gasteiger partial charge in [-0.2, -0.15) is 0 Å². The summed E-state index contributed by atoms with van der Waals surface area (Å²) in [5, 5.41) is 13.4. The van der Waals surface area contributed by atoms with Crippen LogP contribution in [-0.4, -0.2) is 10.2 Å². The van der Waals surface area contributed by atoms with Gasteiger partial charge in [0.15, 0.2) is 0 Å². The number of aromatic nitrogens is 2. The summed E-state index contributed by atoms with van der Waals surface area (Å²) in [4.78, 5) is 0. The Morgan fingerprint density at radius 1 is 1.44 bits per heavy atom. The minimum absolute atomic E-state index is 0.411. The quantitative estimate of drug-likeness (QED) is 0.884. The average Bonchev–Trinajstić information content (AvgIpc) is 2.73. The lowest BCUT2D eigenvalue weighted by Gasteiger charge is -2.06. The molecule has 0 unspecified atom stereocenters. The lowest BCUT2D eigenvalue weighted by atomic mass is 10.2. The van der Waals surface area contributed by atoms with Crippen molar-refractivity contribution >= 4 is 33.8 Å². The van der Waals surface area contributed by atoms with Crippen LogP contribution in [-0.2, 0) is 6.54 Å². The summed E-state index contributed by atoms with van der Waals surface area (Å²) in [5.74, 6) is 0. The number of nitrogens with two attached hydrogens (primary N) is 1. The normalized spacial score (nSPS) is 10.4. The van der Waals surface area contributed by atoms with Crippen molar-refractivity contribution < 1.29 is 0 Å². The van der Waals surface area contributed by atoms with Crippen molar-refractivity contribution in [3.63, 3.8) is 0 Å². The third-order valence-electron chi connectivity index (χ3n) is 2.15. The van der Waals surface area contributed by atoms with E-state index in [1.165, 1.54) is 11.3 Å². The molecule has 1 aromatic carbocycles. The van der Waals surface area contributed by atoms with E-state index in [1.807, 2.05) is 25.1 Å². The van der Waals surface area contributed by atoms with Gasteiger partial charge in [0.2, 0.25) is 5.13 Å². The molecule has 2 aromatic rings. The third kappa shape index (κ3) is 2.32. The van der Waals surface area contributed by atoms with Crippen LogP contribution < -0.4 is 11.1 Å². The molecule has 0 amide bonds. The second kappa shape index (κ2) is 4.78. The van der Waals surface area contributed by atoms with Gasteiger partial charge in [-0.25, -0.2) is 0 Å². The number of anilines is 2. The molecule has 0 atom stereocenters. The SMILES string of the molecule is Cc1c(Cl)cccc1Nc1nnc(CN)s1. The van der Waals surface area contributed by atoms with E-state index >= 15 is 0 Å². The Bertz CT molecular complexity index is 497. The second-order valence-corrected chi connectivity index (χ2v) is 4.71. The summed E-state index contributed by atoms with van der Waals surface area (Å²) >= 11 is 7.46. The first-order chi connectivity index (χ1) is 7.70. The van der Waals surface area contributed by atoms with Gasteiger partial charge in [0.05, 0.1) is 0 Å². The van der Waals surface area contributed by atoms with Crippen molar-refractivity contribution in [2.45, 2.75) is 13.5 Å². The van der Waals surface area contributed by atoms with E-state index in [0.717, 1.165) is 26.4 Å². The van der Waals surface area contributed by atoms with E-state index in [1.54, 1.807) is 0 Å². The molecule has 0 aliphatic carbocycles. The highest BCUT2D eigenvalue weighted by Crippen LogP contribution is 2.27. The van der Waals surface area contributed by atoms with Crippen LogP contribution in [0.15, 0.2) is 18.2 Å². The molecule has 3 N–H and O–H groups in total. The molecule has 0 saturated carbocycles. The molecule has 16 heavy (non-hydrogen) atoms. The Balaban J connectivity index is 2.23. The number of benzene rings is 1. The molecule has 84 valence electrons. The minimum atomic E-state index is 0.411. The second-order valence-electron chi connectivity index (χ2n) is 3.24. The molecule has 2 rings (SSSR count). The Labute approximate surface area is 102 Å². The molecule has 1 heterocycles. The fraction of sp³-hybridized carbons (Fsp3) is 0.200. The maximum atomic E-state index is 6.02. The molecule has 1 aromatic heterocycles. The molecule has 4 nitrogen and oxygen atoms in total. The standard InChI is InChI=1S/C10H11ClN4S/c1-6-7(11)3-2-4-8(6)13-10-15-14-9(5-12)16-10/h2-4H,5,12H2,1H3,(H,13,15). The summed E-state index contributed by atoms with van der Waals surface area (Å²) < 4.78 is 0. The number of hydrogen-bond acceptors (Lipinski definition) is 5. The van der Waals surface area contributed by atoms with Crippen LogP contribution in [0.4, 0.5) is 10.8 Å². The summed E-state index contributed by atoms with van der Waals surface area (Å²) in [6.45, 7) is 2.36. The largest absolute Gasteiger partial charge is 0.330 e. The predicted molar refractivity (Wildman–Crippen MR) is 67.3 cm³/mol. The van der Waals surface area contributed by atoms with Crippen LogP contribution in [0.5, 0.6) is 0 Å². The van der Waals surface area contributed by atoms with Crippen molar-refractivity contribution in [1.82, 2.24) is 10.2 Å². The van der Waals surface area contributed by atoms with Crippen LogP contribution in [0, 0.1) is 6.92 Å². The molecule has 0 bridgehead atoms. The lowest BCUT2D eigenvalue weighted by Crippen LogP contribution is -1.94. The third-order valence-corrected chi connectivity index (χ3v) is 3.42. The Morgan fingerprint density at radius 3 is 2.94 bits per heavy atom. The van der Waals surface area contributed by atoms with Gasteiger partial charge in [-0.1, -0.05) is 29.0 Å². The van der Waals surface area contributed by atoms with Crippen molar-refractivity contribution in [3.05, 3.63) is 33.8 Å². The number of nitrogens with one attached hydrogen (secondary N) is 1. The maximum absolute atomic E-state index is 6.02. The fourth-order valence-corrected chi connectivity index (χ4v) is 2.05. The Hall–Kier alpha value is -1.17. The van der Waals surface area contributed by atoms with Gasteiger partial charge >= 0.3 is 0 Å². The van der Waals surface area contributed by atoms with Gasteiger partial charge in [0, 0.05) is 17.3 Å². The predicted octanol–water partition coefficient (Wildman–Crippen LogP) is 2.70. The molecular formula is C10H11ClN4S. The van der Waals surface area contributed by atoms with Crippen LogP contribution in [0.1, 0.15) is 10.6 Å². The smallest absolute Gasteiger partial charge is 0.210 e. The molecule has 0 aliphatic heterocycles. The number of rotatable bonds is 3. The molecule has 0 radical (unpaired) electrons. The Morgan fingerprint density at radius 2 is 2.25 bits per heavy atom. The van der Waals surface area contributed by atoms with Gasteiger partial charge in [0.1, 0.15) is 5.01 Å². The molecular weight excluding hydrogens is 244 g/mol. The summed E-state index contributed by atoms with van der Waals surface area (Å²) in [6, 6.07) is 5.70. The highest BCUT2D eigenvalue weighted by molar-refractivity contribution is 7.15. The van der Waals surface area contributed by atoms with Crippen LogP contribution in [0.3, 0.4) is 0 Å². The van der Waals surface area contributed by atoms with Crippen LogP contribution >= 0.6 is 22.9 Å². The molecule has 0 aliphatic rings. The first kappa shape index (κ1) is 11.3. The van der Waals surface area contributed by atoms with Crippen molar-refractivity contribution in [1.29, 1.82) is 0 Å². The number of halogens is 1. The first-order valence-corrected chi connectivity index (χ1v) is 5.94. The molecule has 0 fully saturated rings. The molecule has 0 saturated heterocycles. The van der Waals surface area contributed by atoms with Gasteiger partial charge in [-0.3, -0.25) is 0 Å². The zero-order chi connectivity index (χ0) is 11.5. The average molecular weight is 255 g/mol. The highest BCUT2D eigenvalue weighted by Gasteiger charge is 2.06. The van der Waals surface area contributed by atoms with Crippen LogP contribution in [0.25, 0.3) is 0 Å². The molecule has 0 spiro atoms. The van der Waals surface area contributed by atoms with E-state index in [4.69, 9.17) is 17.3 Å². The van der Waals surface area contributed by atoms with Crippen molar-refractivity contribution in [3.8, 4) is 0 Å². The molecule has 6 heteroatoms. The van der Waals surface area contributed by atoms with E-state index < -0.39 is 0 Å². The zero-order valence-electron chi connectivity index (χ0n) is 8.70.